The van der Waals surface area contributed by atoms with Crippen molar-refractivity contribution in [1.29, 1.82) is 0 Å². The number of hydrogen-bond acceptors (Lipinski definition) is 3. The molecule has 1 heterocycles. The van der Waals surface area contributed by atoms with Crippen LogP contribution in [0.25, 0.3) is 0 Å². The molecule has 0 aromatic carbocycles. The van der Waals surface area contributed by atoms with Gasteiger partial charge in [-0.2, -0.15) is 0 Å². The van der Waals surface area contributed by atoms with E-state index in [9.17, 15) is 14.7 Å². The van der Waals surface area contributed by atoms with Crippen molar-refractivity contribution in [3.8, 4) is 0 Å². The van der Waals surface area contributed by atoms with Crippen LogP contribution in [0.1, 0.15) is 49.5 Å². The molecule has 2 rings (SSSR count). The number of pyridine rings is 1. The monoisotopic (exact) mass is 276 g/mol. The molecule has 108 valence electrons. The maximum atomic E-state index is 12.1. The van der Waals surface area contributed by atoms with E-state index in [1.807, 2.05) is 0 Å². The zero-order chi connectivity index (χ0) is 14.6. The van der Waals surface area contributed by atoms with Crippen LogP contribution in [-0.2, 0) is 4.79 Å². The summed E-state index contributed by atoms with van der Waals surface area (Å²) < 4.78 is 0. The number of amides is 1. The van der Waals surface area contributed by atoms with Crippen LogP contribution in [-0.4, -0.2) is 27.5 Å². The highest BCUT2D eigenvalue weighted by molar-refractivity contribution is 5.96. The number of hydrogen-bond donors (Lipinski definition) is 2. The van der Waals surface area contributed by atoms with Crippen LogP contribution in [0.2, 0.25) is 0 Å². The van der Waals surface area contributed by atoms with Crippen LogP contribution >= 0.6 is 0 Å². The van der Waals surface area contributed by atoms with E-state index in [0.717, 1.165) is 19.3 Å². The van der Waals surface area contributed by atoms with Crippen LogP contribution in [0.15, 0.2) is 24.4 Å². The molecule has 1 aliphatic carbocycles. The molecule has 0 atom stereocenters. The van der Waals surface area contributed by atoms with Gasteiger partial charge in [0, 0.05) is 6.20 Å². The third-order valence-electron chi connectivity index (χ3n) is 4.20. The van der Waals surface area contributed by atoms with E-state index in [1.165, 1.54) is 6.20 Å². The molecule has 1 fully saturated rings. The fraction of sp³-hybridized carbons (Fsp3) is 0.533. The van der Waals surface area contributed by atoms with Crippen LogP contribution < -0.4 is 5.32 Å². The zero-order valence-electron chi connectivity index (χ0n) is 11.6. The molecular weight excluding hydrogens is 256 g/mol. The van der Waals surface area contributed by atoms with Crippen molar-refractivity contribution in [3.05, 3.63) is 30.1 Å². The maximum absolute atomic E-state index is 12.1. The van der Waals surface area contributed by atoms with Crippen molar-refractivity contribution in [2.75, 3.05) is 0 Å². The Labute approximate surface area is 118 Å². The molecule has 1 saturated carbocycles. The second kappa shape index (κ2) is 6.03. The molecule has 5 nitrogen and oxygen atoms in total. The Bertz CT molecular complexity index is 479. The number of carbonyl (C=O) groups excluding carboxylic acids is 1. The molecule has 1 amide bonds. The van der Waals surface area contributed by atoms with Gasteiger partial charge in [-0.05, 0) is 43.7 Å². The minimum absolute atomic E-state index is 0.255. The quantitative estimate of drug-likeness (QED) is 0.884. The Morgan fingerprint density at radius 1 is 1.40 bits per heavy atom. The van der Waals surface area contributed by atoms with E-state index >= 15 is 0 Å². The molecule has 1 aromatic rings. The van der Waals surface area contributed by atoms with E-state index in [4.69, 9.17) is 0 Å². The first-order valence-electron chi connectivity index (χ1n) is 7.04. The van der Waals surface area contributed by atoms with Crippen molar-refractivity contribution in [1.82, 2.24) is 10.3 Å². The molecule has 5 heteroatoms. The number of aromatic nitrogens is 1. The fourth-order valence-corrected chi connectivity index (χ4v) is 2.75. The number of carboxylic acids is 1. The summed E-state index contributed by atoms with van der Waals surface area (Å²) in [5.41, 5.74) is -0.883. The van der Waals surface area contributed by atoms with Gasteiger partial charge in [-0.3, -0.25) is 9.78 Å². The number of nitrogens with zero attached hydrogens (tertiary/aromatic N) is 1. The van der Waals surface area contributed by atoms with Crippen LogP contribution in [0.5, 0.6) is 0 Å². The van der Waals surface area contributed by atoms with Gasteiger partial charge in [-0.25, -0.2) is 4.79 Å². The van der Waals surface area contributed by atoms with Gasteiger partial charge in [0.05, 0.1) is 0 Å². The van der Waals surface area contributed by atoms with Gasteiger partial charge in [0.15, 0.2) is 0 Å². The second-order valence-corrected chi connectivity index (χ2v) is 5.41. The predicted molar refractivity (Wildman–Crippen MR) is 74.3 cm³/mol. The van der Waals surface area contributed by atoms with Crippen molar-refractivity contribution in [3.63, 3.8) is 0 Å². The van der Waals surface area contributed by atoms with Gasteiger partial charge in [-0.15, -0.1) is 0 Å². The van der Waals surface area contributed by atoms with Gasteiger partial charge in [0.2, 0.25) is 0 Å². The lowest BCUT2D eigenvalue weighted by atomic mass is 9.75. The Morgan fingerprint density at radius 2 is 2.10 bits per heavy atom. The molecule has 0 spiro atoms. The lowest BCUT2D eigenvalue weighted by molar-refractivity contribution is -0.146. The molecule has 0 unspecified atom stereocenters. The topological polar surface area (TPSA) is 79.3 Å². The van der Waals surface area contributed by atoms with Gasteiger partial charge in [-0.1, -0.05) is 19.4 Å². The molecule has 2 N–H and O–H groups in total. The summed E-state index contributed by atoms with van der Waals surface area (Å²) in [5.74, 6) is -0.798. The lowest BCUT2D eigenvalue weighted by Crippen LogP contribution is -2.56. The molecule has 0 aliphatic heterocycles. The largest absolute Gasteiger partial charge is 0.480 e. The van der Waals surface area contributed by atoms with E-state index in [0.29, 0.717) is 18.8 Å². The van der Waals surface area contributed by atoms with E-state index in [1.54, 1.807) is 18.2 Å². The Morgan fingerprint density at radius 3 is 2.60 bits per heavy atom. The smallest absolute Gasteiger partial charge is 0.329 e. The highest BCUT2D eigenvalue weighted by Crippen LogP contribution is 2.34. The first kappa shape index (κ1) is 14.5. The predicted octanol–water partition coefficient (Wildman–Crippen LogP) is 2.24. The summed E-state index contributed by atoms with van der Waals surface area (Å²) in [6.07, 6.45) is 5.23. The van der Waals surface area contributed by atoms with Crippen molar-refractivity contribution in [2.24, 2.45) is 5.92 Å². The number of aliphatic carboxylic acids is 1. The number of nitrogens with one attached hydrogen (secondary N) is 1. The summed E-state index contributed by atoms with van der Waals surface area (Å²) in [5, 5.41) is 12.2. The maximum Gasteiger partial charge on any atom is 0.329 e. The van der Waals surface area contributed by atoms with Crippen LogP contribution in [0.3, 0.4) is 0 Å². The lowest BCUT2D eigenvalue weighted by Gasteiger charge is -2.37. The zero-order valence-corrected chi connectivity index (χ0v) is 11.6. The minimum atomic E-state index is -1.14. The van der Waals surface area contributed by atoms with Gasteiger partial charge >= 0.3 is 5.97 Å². The molecular formula is C15H20N2O3. The molecule has 20 heavy (non-hydrogen) atoms. The summed E-state index contributed by atoms with van der Waals surface area (Å²) in [7, 11) is 0. The average Bonchev–Trinajstić information content (AvgIpc) is 2.48. The summed E-state index contributed by atoms with van der Waals surface area (Å²) in [6, 6.07) is 5.02. The molecule has 1 aromatic heterocycles. The number of rotatable bonds is 4. The first-order valence-corrected chi connectivity index (χ1v) is 7.04. The Kier molecular flexibility index (Phi) is 4.37. The van der Waals surface area contributed by atoms with Crippen LogP contribution in [0, 0.1) is 5.92 Å². The fourth-order valence-electron chi connectivity index (χ4n) is 2.75. The van der Waals surface area contributed by atoms with E-state index < -0.39 is 17.4 Å². The van der Waals surface area contributed by atoms with Crippen LogP contribution in [0.4, 0.5) is 0 Å². The minimum Gasteiger partial charge on any atom is -0.480 e. The van der Waals surface area contributed by atoms with Gasteiger partial charge < -0.3 is 10.4 Å². The van der Waals surface area contributed by atoms with Crippen molar-refractivity contribution in [2.45, 2.75) is 44.6 Å². The molecule has 1 aliphatic rings. The van der Waals surface area contributed by atoms with Gasteiger partial charge in [0.1, 0.15) is 11.2 Å². The van der Waals surface area contributed by atoms with E-state index in [2.05, 4.69) is 17.2 Å². The molecule has 0 saturated heterocycles. The van der Waals surface area contributed by atoms with E-state index in [-0.39, 0.29) is 5.69 Å². The summed E-state index contributed by atoms with van der Waals surface area (Å²) in [6.45, 7) is 2.12. The standard InChI is InChI=1S/C15H20N2O3/c1-2-11-6-8-15(9-7-11,14(19)20)17-13(18)12-5-3-4-10-16-12/h3-5,10-11H,2,6-9H2,1H3,(H,17,18)(H,19,20). The molecule has 0 bridgehead atoms. The highest BCUT2D eigenvalue weighted by Gasteiger charge is 2.43. The third kappa shape index (κ3) is 2.98. The number of carbonyl (C=O) groups is 2. The number of carboxylic acid groups (broad SMARTS) is 1. The van der Waals surface area contributed by atoms with Crippen molar-refractivity contribution >= 4 is 11.9 Å². The SMILES string of the molecule is CCC1CCC(NC(=O)c2ccccn2)(C(=O)O)CC1. The normalized spacial score (nSPS) is 25.9. The third-order valence-corrected chi connectivity index (χ3v) is 4.20. The van der Waals surface area contributed by atoms with Gasteiger partial charge in [0.25, 0.3) is 5.91 Å². The van der Waals surface area contributed by atoms with Crippen molar-refractivity contribution < 1.29 is 14.7 Å². The summed E-state index contributed by atoms with van der Waals surface area (Å²) >= 11 is 0. The summed E-state index contributed by atoms with van der Waals surface area (Å²) in [4.78, 5) is 27.7. The Balaban J connectivity index is 2.11. The Hall–Kier alpha value is -1.91. The average molecular weight is 276 g/mol. The second-order valence-electron chi connectivity index (χ2n) is 5.41. The first-order chi connectivity index (χ1) is 9.57. The molecule has 0 radical (unpaired) electrons. The highest BCUT2D eigenvalue weighted by atomic mass is 16.4.